The maximum absolute atomic E-state index is 6.30. The monoisotopic (exact) mass is 372 g/mol. The van der Waals surface area contributed by atoms with Crippen molar-refractivity contribution in [3.63, 3.8) is 0 Å². The van der Waals surface area contributed by atoms with Gasteiger partial charge in [-0.05, 0) is 70.4 Å². The molecule has 118 valence electrons. The van der Waals surface area contributed by atoms with Crippen molar-refractivity contribution >= 4 is 27.5 Å². The van der Waals surface area contributed by atoms with Gasteiger partial charge in [-0.2, -0.15) is 0 Å². The molecule has 1 aromatic rings. The molecule has 0 radical (unpaired) electrons. The molecule has 1 fully saturated rings. The van der Waals surface area contributed by atoms with E-state index in [1.165, 1.54) is 44.3 Å². The highest BCUT2D eigenvalue weighted by Crippen LogP contribution is 2.26. The van der Waals surface area contributed by atoms with Gasteiger partial charge in [0.15, 0.2) is 0 Å². The van der Waals surface area contributed by atoms with Crippen molar-refractivity contribution in [3.05, 3.63) is 33.3 Å². The van der Waals surface area contributed by atoms with Crippen LogP contribution in [0.2, 0.25) is 5.02 Å². The van der Waals surface area contributed by atoms with Crippen LogP contribution in [0.4, 0.5) is 0 Å². The molecule has 2 rings (SSSR count). The summed E-state index contributed by atoms with van der Waals surface area (Å²) in [6.07, 6.45) is 5.32. The Morgan fingerprint density at radius 2 is 2.24 bits per heavy atom. The van der Waals surface area contributed by atoms with Crippen molar-refractivity contribution in [3.8, 4) is 0 Å². The number of rotatable bonds is 6. The minimum Gasteiger partial charge on any atom is -0.310 e. The number of hydrogen-bond acceptors (Lipinski definition) is 2. The Morgan fingerprint density at radius 1 is 1.43 bits per heavy atom. The van der Waals surface area contributed by atoms with Crippen molar-refractivity contribution in [2.45, 2.75) is 51.6 Å². The number of likely N-dealkylation sites (tertiary alicyclic amines) is 1. The fraction of sp³-hybridized carbons (Fsp3) is 0.647. The molecular formula is C17H26BrClN2. The number of halogens is 2. The van der Waals surface area contributed by atoms with E-state index in [-0.39, 0.29) is 0 Å². The lowest BCUT2D eigenvalue weighted by molar-refractivity contribution is 0.158. The van der Waals surface area contributed by atoms with Crippen LogP contribution in [0.15, 0.2) is 22.7 Å². The lowest BCUT2D eigenvalue weighted by Crippen LogP contribution is -2.39. The Hall–Kier alpha value is -0.0900. The highest BCUT2D eigenvalue weighted by atomic mass is 79.9. The average Bonchev–Trinajstić information content (AvgIpc) is 2.45. The van der Waals surface area contributed by atoms with E-state index in [4.69, 9.17) is 11.6 Å². The third-order valence-electron chi connectivity index (χ3n) is 4.44. The maximum Gasteiger partial charge on any atom is 0.0464 e. The number of benzene rings is 1. The molecule has 1 heterocycles. The molecule has 1 saturated heterocycles. The van der Waals surface area contributed by atoms with Crippen molar-refractivity contribution in [2.75, 3.05) is 19.6 Å². The Kier molecular flexibility index (Phi) is 7.00. The zero-order chi connectivity index (χ0) is 15.2. The Balaban J connectivity index is 1.72. The highest BCUT2D eigenvalue weighted by molar-refractivity contribution is 9.10. The van der Waals surface area contributed by atoms with Crippen molar-refractivity contribution < 1.29 is 0 Å². The predicted octanol–water partition coefficient (Wildman–Crippen LogP) is 5.02. The molecule has 0 aliphatic carbocycles. The van der Waals surface area contributed by atoms with E-state index in [1.807, 2.05) is 6.07 Å². The van der Waals surface area contributed by atoms with E-state index in [0.29, 0.717) is 6.04 Å². The molecular weight excluding hydrogens is 348 g/mol. The molecule has 0 bridgehead atoms. The average molecular weight is 374 g/mol. The topological polar surface area (TPSA) is 15.3 Å². The van der Waals surface area contributed by atoms with Crippen LogP contribution in [-0.4, -0.2) is 30.6 Å². The third-order valence-corrected chi connectivity index (χ3v) is 5.26. The van der Waals surface area contributed by atoms with E-state index in [9.17, 15) is 0 Å². The summed E-state index contributed by atoms with van der Waals surface area (Å²) >= 11 is 9.75. The molecule has 2 nitrogen and oxygen atoms in total. The van der Waals surface area contributed by atoms with Crippen LogP contribution in [0.25, 0.3) is 0 Å². The first-order chi connectivity index (χ1) is 10.1. The summed E-state index contributed by atoms with van der Waals surface area (Å²) in [6, 6.07) is 7.16. The van der Waals surface area contributed by atoms with Gasteiger partial charge in [0.05, 0.1) is 0 Å². The van der Waals surface area contributed by atoms with E-state index in [1.54, 1.807) is 0 Å². The summed E-state index contributed by atoms with van der Waals surface area (Å²) in [6.45, 7) is 8.05. The summed E-state index contributed by atoms with van der Waals surface area (Å²) < 4.78 is 1.03. The van der Waals surface area contributed by atoms with E-state index >= 15 is 0 Å². The zero-order valence-corrected chi connectivity index (χ0v) is 15.4. The maximum atomic E-state index is 6.30. The van der Waals surface area contributed by atoms with Gasteiger partial charge in [0.1, 0.15) is 0 Å². The van der Waals surface area contributed by atoms with Gasteiger partial charge in [0.2, 0.25) is 0 Å². The highest BCUT2D eigenvalue weighted by Gasteiger charge is 2.17. The SMILES string of the molecule is CC(NCCCN1CCCCC1C)c1ccc(Br)cc1Cl. The molecule has 0 aromatic heterocycles. The van der Waals surface area contributed by atoms with Gasteiger partial charge >= 0.3 is 0 Å². The van der Waals surface area contributed by atoms with Crippen molar-refractivity contribution in [1.29, 1.82) is 0 Å². The summed E-state index contributed by atoms with van der Waals surface area (Å²) in [4.78, 5) is 2.63. The second-order valence-electron chi connectivity index (χ2n) is 6.08. The second kappa shape index (κ2) is 8.52. The predicted molar refractivity (Wildman–Crippen MR) is 95.1 cm³/mol. The van der Waals surface area contributed by atoms with Crippen LogP contribution in [0.3, 0.4) is 0 Å². The van der Waals surface area contributed by atoms with Gasteiger partial charge < -0.3 is 10.2 Å². The molecule has 1 aromatic carbocycles. The lowest BCUT2D eigenvalue weighted by Gasteiger charge is -2.33. The Morgan fingerprint density at radius 3 is 2.95 bits per heavy atom. The number of nitrogens with zero attached hydrogens (tertiary/aromatic N) is 1. The fourth-order valence-electron chi connectivity index (χ4n) is 3.05. The molecule has 2 atom stereocenters. The normalized spacial score (nSPS) is 21.4. The summed E-state index contributed by atoms with van der Waals surface area (Å²) in [5.41, 5.74) is 1.17. The first kappa shape index (κ1) is 17.3. The van der Waals surface area contributed by atoms with Gasteiger partial charge in [-0.3, -0.25) is 0 Å². The number of nitrogens with one attached hydrogen (secondary N) is 1. The molecule has 1 aliphatic rings. The largest absolute Gasteiger partial charge is 0.310 e. The Labute approximate surface area is 142 Å². The smallest absolute Gasteiger partial charge is 0.0464 e. The zero-order valence-electron chi connectivity index (χ0n) is 13.0. The second-order valence-corrected chi connectivity index (χ2v) is 7.40. The number of piperidine rings is 1. The van der Waals surface area contributed by atoms with Gasteiger partial charge in [-0.1, -0.05) is 40.0 Å². The van der Waals surface area contributed by atoms with Crippen molar-refractivity contribution in [1.82, 2.24) is 10.2 Å². The molecule has 1 aliphatic heterocycles. The van der Waals surface area contributed by atoms with Crippen LogP contribution in [0.1, 0.15) is 51.1 Å². The van der Waals surface area contributed by atoms with Gasteiger partial charge in [-0.25, -0.2) is 0 Å². The van der Waals surface area contributed by atoms with E-state index in [0.717, 1.165) is 22.1 Å². The number of hydrogen-bond donors (Lipinski definition) is 1. The molecule has 0 saturated carbocycles. The first-order valence-corrected chi connectivity index (χ1v) is 9.17. The van der Waals surface area contributed by atoms with Gasteiger partial charge in [-0.15, -0.1) is 0 Å². The van der Waals surface area contributed by atoms with Crippen LogP contribution in [0.5, 0.6) is 0 Å². The third kappa shape index (κ3) is 5.24. The van der Waals surface area contributed by atoms with Crippen molar-refractivity contribution in [2.24, 2.45) is 0 Å². The molecule has 21 heavy (non-hydrogen) atoms. The quantitative estimate of drug-likeness (QED) is 0.704. The first-order valence-electron chi connectivity index (χ1n) is 8.00. The molecule has 0 spiro atoms. The van der Waals surface area contributed by atoms with E-state index < -0.39 is 0 Å². The summed E-state index contributed by atoms with van der Waals surface area (Å²) in [5, 5.41) is 4.41. The Bertz CT molecular complexity index is 452. The summed E-state index contributed by atoms with van der Waals surface area (Å²) in [5.74, 6) is 0. The van der Waals surface area contributed by atoms with Crippen LogP contribution in [0, 0.1) is 0 Å². The summed E-state index contributed by atoms with van der Waals surface area (Å²) in [7, 11) is 0. The molecule has 4 heteroatoms. The fourth-order valence-corrected chi connectivity index (χ4v) is 3.89. The van der Waals surface area contributed by atoms with Crippen LogP contribution >= 0.6 is 27.5 Å². The van der Waals surface area contributed by atoms with Crippen LogP contribution < -0.4 is 5.32 Å². The lowest BCUT2D eigenvalue weighted by atomic mass is 10.0. The van der Waals surface area contributed by atoms with E-state index in [2.05, 4.69) is 52.1 Å². The molecule has 1 N–H and O–H groups in total. The molecule has 0 amide bonds. The van der Waals surface area contributed by atoms with Gasteiger partial charge in [0, 0.05) is 21.6 Å². The minimum atomic E-state index is 0.296. The van der Waals surface area contributed by atoms with Crippen LogP contribution in [-0.2, 0) is 0 Å². The van der Waals surface area contributed by atoms with Gasteiger partial charge in [0.25, 0.3) is 0 Å². The standard InChI is InChI=1S/C17H26BrClN2/c1-13-6-3-4-10-21(13)11-5-9-20-14(2)16-8-7-15(18)12-17(16)19/h7-8,12-14,20H,3-6,9-11H2,1-2H3. The minimum absolute atomic E-state index is 0.296. The molecule has 2 unspecified atom stereocenters.